The van der Waals surface area contributed by atoms with Crippen molar-refractivity contribution in [3.05, 3.63) is 0 Å². The summed E-state index contributed by atoms with van der Waals surface area (Å²) in [6.07, 6.45) is -26.8. The molecule has 24 heteroatoms. The molecule has 3 rings (SSSR count). The van der Waals surface area contributed by atoms with Crippen LogP contribution in [0, 0.1) is 0 Å². The number of phosphoric acid groups is 1. The standard InChI is InChI=1S/C22H38NO22P/c23-11-14(31)17(45-46(37,38)39)10(41-18(11)32)5-40-21(19(33)34)2-9(13(30)16(43-21)8(28)4-25)42-22(20(35)36)1-6(26)12(29)15(44-22)7(27)3-24/h6-18,24-32H,1-5,23H2,(H,33,34)(H,35,36)(H2,37,38,39)/t6-,7-,8-,9-,10-,11-,12-,13-,14-,15-,16-,17-,18-,21-,22-/m1/s1. The van der Waals surface area contributed by atoms with Crippen LogP contribution in [-0.2, 0) is 42.4 Å². The molecule has 3 aliphatic rings. The van der Waals surface area contributed by atoms with Crippen LogP contribution in [0.2, 0.25) is 0 Å². The van der Waals surface area contributed by atoms with Crippen LogP contribution < -0.4 is 5.73 Å². The third-order valence-corrected chi connectivity index (χ3v) is 8.17. The third kappa shape index (κ3) is 8.18. The minimum atomic E-state index is -5.39. The van der Waals surface area contributed by atoms with E-state index in [1.807, 2.05) is 0 Å². The fourth-order valence-electron chi connectivity index (χ4n) is 5.21. The highest BCUT2D eigenvalue weighted by molar-refractivity contribution is 7.46. The Morgan fingerprint density at radius 3 is 1.89 bits per heavy atom. The Hall–Kier alpha value is -1.55. The second kappa shape index (κ2) is 14.9. The largest absolute Gasteiger partial charge is 0.477 e. The number of carboxylic acid groups (broad SMARTS) is 2. The number of hydrogen-bond donors (Lipinski definition) is 14. The zero-order chi connectivity index (χ0) is 34.9. The number of aliphatic carboxylic acids is 2. The summed E-state index contributed by atoms with van der Waals surface area (Å²) in [4.78, 5) is 43.6. The minimum Gasteiger partial charge on any atom is -0.477 e. The highest BCUT2D eigenvalue weighted by Gasteiger charge is 2.61. The summed E-state index contributed by atoms with van der Waals surface area (Å²) < 4.78 is 42.5. The van der Waals surface area contributed by atoms with Gasteiger partial charge in [0.1, 0.15) is 54.9 Å². The van der Waals surface area contributed by atoms with Crippen molar-refractivity contribution in [1.82, 2.24) is 0 Å². The molecule has 0 radical (unpaired) electrons. The van der Waals surface area contributed by atoms with Crippen molar-refractivity contribution >= 4 is 19.8 Å². The van der Waals surface area contributed by atoms with Crippen LogP contribution in [0.3, 0.4) is 0 Å². The summed E-state index contributed by atoms with van der Waals surface area (Å²) in [5.41, 5.74) is 5.55. The van der Waals surface area contributed by atoms with E-state index in [0.717, 1.165) is 0 Å². The first-order valence-electron chi connectivity index (χ1n) is 13.5. The molecular formula is C22H38NO22P. The van der Waals surface area contributed by atoms with E-state index in [9.17, 15) is 80.1 Å². The number of ether oxygens (including phenoxy) is 5. The molecule has 0 saturated carbocycles. The molecular weight excluding hydrogens is 661 g/mol. The van der Waals surface area contributed by atoms with Gasteiger partial charge >= 0.3 is 19.8 Å². The Kier molecular flexibility index (Phi) is 12.6. The number of aliphatic hydroxyl groups is 9. The van der Waals surface area contributed by atoms with E-state index >= 15 is 0 Å². The molecule has 0 aromatic carbocycles. The second-order valence-electron chi connectivity index (χ2n) is 10.9. The monoisotopic (exact) mass is 699 g/mol. The number of rotatable bonds is 13. The molecule has 15 N–H and O–H groups in total. The van der Waals surface area contributed by atoms with E-state index in [4.69, 9.17) is 29.4 Å². The van der Waals surface area contributed by atoms with Gasteiger partial charge in [0.15, 0.2) is 6.29 Å². The lowest BCUT2D eigenvalue weighted by Crippen LogP contribution is -2.68. The molecule has 0 aliphatic carbocycles. The fraction of sp³-hybridized carbons (Fsp3) is 0.909. The zero-order valence-electron chi connectivity index (χ0n) is 23.6. The van der Waals surface area contributed by atoms with E-state index in [1.165, 1.54) is 0 Å². The summed E-state index contributed by atoms with van der Waals surface area (Å²) in [7, 11) is -5.39. The molecule has 15 atom stereocenters. The van der Waals surface area contributed by atoms with Crippen molar-refractivity contribution in [2.24, 2.45) is 5.73 Å². The Morgan fingerprint density at radius 2 is 1.39 bits per heavy atom. The van der Waals surface area contributed by atoms with Crippen molar-refractivity contribution in [1.29, 1.82) is 0 Å². The lowest BCUT2D eigenvalue weighted by atomic mass is 9.90. The molecule has 0 amide bonds. The fourth-order valence-corrected chi connectivity index (χ4v) is 5.79. The SMILES string of the molecule is N[C@@H]1[C@@H](O)[C@H](OP(=O)(O)O)[C@@H](CO[C@]2(C(=O)O)C[C@@H](O[C@]3(C(=O)O)C[C@@H](O)[C@@H](O)[C@@H]([C@H](O)CO)O3)[C@@H](O)[C@@H]([C@H](O)CO)O2)O[C@H]1O. The van der Waals surface area contributed by atoms with Crippen molar-refractivity contribution in [2.75, 3.05) is 19.8 Å². The van der Waals surface area contributed by atoms with Gasteiger partial charge in [-0.3, -0.25) is 4.52 Å². The van der Waals surface area contributed by atoms with Crippen molar-refractivity contribution in [3.63, 3.8) is 0 Å². The number of phosphoric ester groups is 1. The summed E-state index contributed by atoms with van der Waals surface area (Å²) >= 11 is 0. The molecule has 0 unspecified atom stereocenters. The highest BCUT2D eigenvalue weighted by Crippen LogP contribution is 2.43. The van der Waals surface area contributed by atoms with Gasteiger partial charge in [-0.15, -0.1) is 0 Å². The molecule has 3 fully saturated rings. The van der Waals surface area contributed by atoms with Gasteiger partial charge in [0, 0.05) is 12.8 Å². The van der Waals surface area contributed by atoms with E-state index < -0.39 is 143 Å². The van der Waals surface area contributed by atoms with E-state index in [2.05, 4.69) is 4.52 Å². The van der Waals surface area contributed by atoms with Gasteiger partial charge in [-0.2, -0.15) is 0 Å². The predicted octanol–water partition coefficient (Wildman–Crippen LogP) is -7.80. The third-order valence-electron chi connectivity index (χ3n) is 7.66. The summed E-state index contributed by atoms with van der Waals surface area (Å²) in [6.45, 7) is -3.42. The molecule has 0 bridgehead atoms. The van der Waals surface area contributed by atoms with Crippen LogP contribution in [0.25, 0.3) is 0 Å². The molecule has 23 nitrogen and oxygen atoms in total. The van der Waals surface area contributed by atoms with Crippen LogP contribution in [0.15, 0.2) is 0 Å². The number of aliphatic hydroxyl groups excluding tert-OH is 9. The number of carbonyl (C=O) groups is 2. The lowest BCUT2D eigenvalue weighted by Gasteiger charge is -2.50. The van der Waals surface area contributed by atoms with Gasteiger partial charge in [0.2, 0.25) is 0 Å². The summed E-state index contributed by atoms with van der Waals surface area (Å²) in [6, 6.07) is -1.67. The maximum atomic E-state index is 12.6. The van der Waals surface area contributed by atoms with E-state index in [1.54, 1.807) is 0 Å². The van der Waals surface area contributed by atoms with Crippen LogP contribution in [0.4, 0.5) is 0 Å². The maximum Gasteiger partial charge on any atom is 0.470 e. The smallest absolute Gasteiger partial charge is 0.470 e. The first-order chi connectivity index (χ1) is 21.2. The molecule has 3 aliphatic heterocycles. The Balaban J connectivity index is 1.99. The maximum absolute atomic E-state index is 12.6. The predicted molar refractivity (Wildman–Crippen MR) is 137 cm³/mol. The quantitative estimate of drug-likeness (QED) is 0.0793. The van der Waals surface area contributed by atoms with Gasteiger partial charge in [-0.1, -0.05) is 0 Å². The van der Waals surface area contributed by atoms with Crippen LogP contribution >= 0.6 is 7.82 Å². The van der Waals surface area contributed by atoms with Crippen molar-refractivity contribution in [3.8, 4) is 0 Å². The molecule has 0 aromatic heterocycles. The van der Waals surface area contributed by atoms with Gasteiger partial charge < -0.3 is 95.4 Å². The average Bonchev–Trinajstić information content (AvgIpc) is 2.98. The molecule has 0 spiro atoms. The summed E-state index contributed by atoms with van der Waals surface area (Å²) in [5, 5.41) is 111. The van der Waals surface area contributed by atoms with Crippen LogP contribution in [0.1, 0.15) is 12.8 Å². The molecule has 268 valence electrons. The van der Waals surface area contributed by atoms with Crippen molar-refractivity contribution < 1.29 is 108 Å². The summed E-state index contributed by atoms with van der Waals surface area (Å²) in [5.74, 6) is -10.3. The van der Waals surface area contributed by atoms with Gasteiger partial charge in [-0.25, -0.2) is 14.2 Å². The number of carboxylic acids is 2. The van der Waals surface area contributed by atoms with Gasteiger partial charge in [-0.05, 0) is 0 Å². The van der Waals surface area contributed by atoms with Crippen LogP contribution in [-0.4, -0.2) is 189 Å². The number of hydrogen-bond acceptors (Lipinski definition) is 19. The van der Waals surface area contributed by atoms with Crippen molar-refractivity contribution in [2.45, 2.75) is 104 Å². The molecule has 3 heterocycles. The molecule has 0 aromatic rings. The van der Waals surface area contributed by atoms with Crippen LogP contribution in [0.5, 0.6) is 0 Å². The van der Waals surface area contributed by atoms with Gasteiger partial charge in [0.25, 0.3) is 11.6 Å². The Labute approximate surface area is 258 Å². The number of nitrogens with two attached hydrogens (primary N) is 1. The first-order valence-corrected chi connectivity index (χ1v) is 15.0. The minimum absolute atomic E-state index is 1.09. The van der Waals surface area contributed by atoms with Gasteiger partial charge in [0.05, 0.1) is 38.1 Å². The normalized spacial score (nSPS) is 43.5. The Bertz CT molecular complexity index is 1110. The second-order valence-corrected chi connectivity index (χ2v) is 12.1. The zero-order valence-corrected chi connectivity index (χ0v) is 24.4. The van der Waals surface area contributed by atoms with E-state index in [-0.39, 0.29) is 0 Å². The average molecular weight is 700 g/mol. The molecule has 46 heavy (non-hydrogen) atoms. The first kappa shape index (κ1) is 38.9. The Morgan fingerprint density at radius 1 is 0.870 bits per heavy atom. The topological polar surface area (TPSA) is 396 Å². The molecule has 3 saturated heterocycles. The van der Waals surface area contributed by atoms with E-state index in [0.29, 0.717) is 0 Å². The highest BCUT2D eigenvalue weighted by atomic mass is 31.2. The lowest BCUT2D eigenvalue weighted by molar-refractivity contribution is -0.377.